The molecular formula is C21H14Cl2N2O3. The van der Waals surface area contributed by atoms with Gasteiger partial charge in [0.1, 0.15) is 11.3 Å². The topological polar surface area (TPSA) is 64.4 Å². The van der Waals surface area contributed by atoms with Gasteiger partial charge in [0.25, 0.3) is 5.91 Å². The lowest BCUT2D eigenvalue weighted by Gasteiger charge is -2.08. The summed E-state index contributed by atoms with van der Waals surface area (Å²) in [5, 5.41) is 3.87. The fourth-order valence-corrected chi connectivity index (χ4v) is 3.09. The van der Waals surface area contributed by atoms with Crippen LogP contribution in [0.25, 0.3) is 22.6 Å². The van der Waals surface area contributed by atoms with Crippen LogP contribution in [-0.2, 0) is 0 Å². The SMILES string of the molecule is COc1ccc(C(=O)Nc2ccc(Cl)c(-c3nc4cc(Cl)ccc4o3)c2)cc1. The summed E-state index contributed by atoms with van der Waals surface area (Å²) in [6.07, 6.45) is 0. The number of anilines is 1. The highest BCUT2D eigenvalue weighted by Gasteiger charge is 2.14. The van der Waals surface area contributed by atoms with Crippen LogP contribution < -0.4 is 10.1 Å². The molecule has 0 aliphatic heterocycles. The van der Waals surface area contributed by atoms with E-state index in [0.717, 1.165) is 0 Å². The largest absolute Gasteiger partial charge is 0.497 e. The van der Waals surface area contributed by atoms with Crippen molar-refractivity contribution in [3.8, 4) is 17.2 Å². The average Bonchev–Trinajstić information content (AvgIpc) is 3.12. The number of hydrogen-bond donors (Lipinski definition) is 1. The number of carbonyl (C=O) groups excluding carboxylic acids is 1. The first kappa shape index (κ1) is 18.3. The minimum absolute atomic E-state index is 0.250. The van der Waals surface area contributed by atoms with E-state index in [1.807, 2.05) is 0 Å². The van der Waals surface area contributed by atoms with Crippen molar-refractivity contribution in [3.63, 3.8) is 0 Å². The number of ether oxygens (including phenoxy) is 1. The van der Waals surface area contributed by atoms with Crippen LogP contribution >= 0.6 is 23.2 Å². The highest BCUT2D eigenvalue weighted by molar-refractivity contribution is 6.33. The van der Waals surface area contributed by atoms with Crippen LogP contribution in [0.3, 0.4) is 0 Å². The molecule has 3 aromatic carbocycles. The summed E-state index contributed by atoms with van der Waals surface area (Å²) in [6, 6.07) is 17.1. The van der Waals surface area contributed by atoms with Gasteiger partial charge >= 0.3 is 0 Å². The lowest BCUT2D eigenvalue weighted by molar-refractivity contribution is 0.102. The maximum absolute atomic E-state index is 12.5. The summed E-state index contributed by atoms with van der Waals surface area (Å²) < 4.78 is 10.9. The number of rotatable bonds is 4. The molecule has 0 bridgehead atoms. The number of aromatic nitrogens is 1. The first-order valence-corrected chi connectivity index (χ1v) is 9.10. The fourth-order valence-electron chi connectivity index (χ4n) is 2.73. The van der Waals surface area contributed by atoms with Gasteiger partial charge in [-0.2, -0.15) is 0 Å². The van der Waals surface area contributed by atoms with E-state index in [9.17, 15) is 4.79 Å². The summed E-state index contributed by atoms with van der Waals surface area (Å²) in [4.78, 5) is 16.9. The highest BCUT2D eigenvalue weighted by atomic mass is 35.5. The van der Waals surface area contributed by atoms with Gasteiger partial charge in [-0.25, -0.2) is 4.98 Å². The van der Waals surface area contributed by atoms with Gasteiger partial charge in [0, 0.05) is 16.3 Å². The number of benzene rings is 3. The number of oxazole rings is 1. The van der Waals surface area contributed by atoms with Crippen molar-refractivity contribution in [1.29, 1.82) is 0 Å². The van der Waals surface area contributed by atoms with E-state index in [-0.39, 0.29) is 5.91 Å². The Labute approximate surface area is 170 Å². The Morgan fingerprint density at radius 2 is 1.82 bits per heavy atom. The predicted molar refractivity (Wildman–Crippen MR) is 110 cm³/mol. The smallest absolute Gasteiger partial charge is 0.255 e. The Morgan fingerprint density at radius 3 is 2.57 bits per heavy atom. The van der Waals surface area contributed by atoms with Gasteiger partial charge < -0.3 is 14.5 Å². The van der Waals surface area contributed by atoms with Crippen LogP contribution in [-0.4, -0.2) is 18.0 Å². The molecule has 28 heavy (non-hydrogen) atoms. The quantitative estimate of drug-likeness (QED) is 0.442. The molecule has 0 spiro atoms. The third-order valence-electron chi connectivity index (χ3n) is 4.16. The molecule has 7 heteroatoms. The van der Waals surface area contributed by atoms with Crippen LogP contribution in [0, 0.1) is 0 Å². The van der Waals surface area contributed by atoms with Crippen LogP contribution in [0.5, 0.6) is 5.75 Å². The van der Waals surface area contributed by atoms with Crippen molar-refractivity contribution in [2.24, 2.45) is 0 Å². The van der Waals surface area contributed by atoms with Crippen molar-refractivity contribution in [1.82, 2.24) is 4.98 Å². The maximum Gasteiger partial charge on any atom is 0.255 e. The molecule has 0 radical (unpaired) electrons. The molecule has 0 saturated heterocycles. The molecule has 4 rings (SSSR count). The van der Waals surface area contributed by atoms with Crippen LogP contribution in [0.1, 0.15) is 10.4 Å². The molecular weight excluding hydrogens is 399 g/mol. The lowest BCUT2D eigenvalue weighted by atomic mass is 10.1. The minimum atomic E-state index is -0.250. The van der Waals surface area contributed by atoms with Gasteiger partial charge in [-0.05, 0) is 60.7 Å². The molecule has 1 heterocycles. The molecule has 4 aromatic rings. The molecule has 140 valence electrons. The van der Waals surface area contributed by atoms with E-state index in [1.165, 1.54) is 0 Å². The Balaban J connectivity index is 1.63. The van der Waals surface area contributed by atoms with Crippen molar-refractivity contribution in [2.75, 3.05) is 12.4 Å². The number of fused-ring (bicyclic) bond motifs is 1. The fraction of sp³-hybridized carbons (Fsp3) is 0.0476. The van der Waals surface area contributed by atoms with Crippen LogP contribution in [0.2, 0.25) is 10.0 Å². The van der Waals surface area contributed by atoms with Gasteiger partial charge in [0.2, 0.25) is 5.89 Å². The van der Waals surface area contributed by atoms with Gasteiger partial charge in [0.05, 0.1) is 17.7 Å². The summed E-state index contributed by atoms with van der Waals surface area (Å²) in [6.45, 7) is 0. The number of halogens is 2. The average molecular weight is 413 g/mol. The normalized spacial score (nSPS) is 10.8. The van der Waals surface area contributed by atoms with Gasteiger partial charge in [0.15, 0.2) is 5.58 Å². The van der Waals surface area contributed by atoms with E-state index in [4.69, 9.17) is 32.4 Å². The molecule has 0 unspecified atom stereocenters. The van der Waals surface area contributed by atoms with Crippen LogP contribution in [0.15, 0.2) is 65.1 Å². The maximum atomic E-state index is 12.5. The molecule has 5 nitrogen and oxygen atoms in total. The second-order valence-electron chi connectivity index (χ2n) is 6.01. The number of hydrogen-bond acceptors (Lipinski definition) is 4. The molecule has 0 aliphatic rings. The first-order chi connectivity index (χ1) is 13.5. The monoisotopic (exact) mass is 412 g/mol. The minimum Gasteiger partial charge on any atom is -0.497 e. The standard InChI is InChI=1S/C21H14Cl2N2O3/c1-27-15-6-2-12(3-7-15)20(26)24-14-5-8-17(23)16(11-14)21-25-18-10-13(22)4-9-19(18)28-21/h2-11H,1H3,(H,24,26). The van der Waals surface area contributed by atoms with Crippen LogP contribution in [0.4, 0.5) is 5.69 Å². The third kappa shape index (κ3) is 3.67. The Kier molecular flexibility index (Phi) is 4.94. The van der Waals surface area contributed by atoms with Crippen molar-refractivity contribution >= 4 is 45.9 Å². The number of amides is 1. The van der Waals surface area contributed by atoms with E-state index in [0.29, 0.717) is 49.6 Å². The van der Waals surface area contributed by atoms with Gasteiger partial charge in [-0.3, -0.25) is 4.79 Å². The Morgan fingerprint density at radius 1 is 1.04 bits per heavy atom. The zero-order valence-corrected chi connectivity index (χ0v) is 16.2. The van der Waals surface area contributed by atoms with Gasteiger partial charge in [-0.1, -0.05) is 23.2 Å². The predicted octanol–water partition coefficient (Wildman–Crippen LogP) is 6.06. The number of nitrogens with one attached hydrogen (secondary N) is 1. The molecule has 0 aliphatic carbocycles. The van der Waals surface area contributed by atoms with E-state index in [2.05, 4.69) is 10.3 Å². The van der Waals surface area contributed by atoms with Crippen molar-refractivity contribution in [2.45, 2.75) is 0 Å². The second kappa shape index (κ2) is 7.54. The van der Waals surface area contributed by atoms with Crippen molar-refractivity contribution < 1.29 is 13.9 Å². The van der Waals surface area contributed by atoms with E-state index < -0.39 is 0 Å². The van der Waals surface area contributed by atoms with Gasteiger partial charge in [-0.15, -0.1) is 0 Å². The first-order valence-electron chi connectivity index (χ1n) is 8.35. The third-order valence-corrected chi connectivity index (χ3v) is 4.72. The second-order valence-corrected chi connectivity index (χ2v) is 6.85. The number of carbonyl (C=O) groups is 1. The molecule has 0 saturated carbocycles. The summed E-state index contributed by atoms with van der Waals surface area (Å²) in [5.41, 5.74) is 2.88. The molecule has 1 amide bonds. The number of nitrogens with zero attached hydrogens (tertiary/aromatic N) is 1. The zero-order valence-electron chi connectivity index (χ0n) is 14.7. The van der Waals surface area contributed by atoms with E-state index in [1.54, 1.807) is 67.8 Å². The Bertz CT molecular complexity index is 1170. The summed E-state index contributed by atoms with van der Waals surface area (Å²) in [7, 11) is 1.57. The van der Waals surface area contributed by atoms with Crippen molar-refractivity contribution in [3.05, 3.63) is 76.3 Å². The van der Waals surface area contributed by atoms with E-state index >= 15 is 0 Å². The molecule has 1 aromatic heterocycles. The highest BCUT2D eigenvalue weighted by Crippen LogP contribution is 2.33. The Hall–Kier alpha value is -3.02. The lowest BCUT2D eigenvalue weighted by Crippen LogP contribution is -2.11. The molecule has 0 fully saturated rings. The molecule has 1 N–H and O–H groups in total. The number of methoxy groups -OCH3 is 1. The molecule has 0 atom stereocenters. The zero-order chi connectivity index (χ0) is 19.7. The summed E-state index contributed by atoms with van der Waals surface area (Å²) >= 11 is 12.3. The summed E-state index contributed by atoms with van der Waals surface area (Å²) in [5.74, 6) is 0.782.